The van der Waals surface area contributed by atoms with Gasteiger partial charge in [-0.05, 0) is 42.5 Å². The van der Waals surface area contributed by atoms with E-state index in [0.717, 1.165) is 15.8 Å². The van der Waals surface area contributed by atoms with Gasteiger partial charge in [0.05, 0.1) is 24.5 Å². The summed E-state index contributed by atoms with van der Waals surface area (Å²) in [6, 6.07) is 12.1. The summed E-state index contributed by atoms with van der Waals surface area (Å²) in [6.07, 6.45) is 0. The lowest BCUT2D eigenvalue weighted by molar-refractivity contribution is 0.382. The van der Waals surface area contributed by atoms with Crippen molar-refractivity contribution in [1.82, 2.24) is 4.31 Å². The van der Waals surface area contributed by atoms with E-state index in [2.05, 4.69) is 15.9 Å². The Morgan fingerprint density at radius 1 is 1.12 bits per heavy atom. The third kappa shape index (κ3) is 3.67. The van der Waals surface area contributed by atoms with Crippen LogP contribution in [0.3, 0.4) is 0 Å². The van der Waals surface area contributed by atoms with Crippen molar-refractivity contribution < 1.29 is 17.9 Å². The molecule has 1 heterocycles. The predicted molar refractivity (Wildman–Crippen MR) is 103 cm³/mol. The lowest BCUT2D eigenvalue weighted by Crippen LogP contribution is -2.30. The van der Waals surface area contributed by atoms with Crippen LogP contribution in [0, 0.1) is 0 Å². The second kappa shape index (κ2) is 7.57. The zero-order chi connectivity index (χ0) is 18.0. The minimum Gasteiger partial charge on any atom is -0.497 e. The van der Waals surface area contributed by atoms with Gasteiger partial charge < -0.3 is 9.47 Å². The fraction of sp³-hybridized carbons (Fsp3) is 0.294. The van der Waals surface area contributed by atoms with Crippen LogP contribution in [-0.2, 0) is 10.0 Å². The summed E-state index contributed by atoms with van der Waals surface area (Å²) in [5.74, 6) is 2.04. The van der Waals surface area contributed by atoms with Gasteiger partial charge in [-0.2, -0.15) is 4.31 Å². The molecule has 1 aliphatic rings. The van der Waals surface area contributed by atoms with Gasteiger partial charge in [0, 0.05) is 22.3 Å². The third-order valence-electron chi connectivity index (χ3n) is 3.97. The molecule has 3 rings (SSSR count). The molecule has 0 radical (unpaired) electrons. The summed E-state index contributed by atoms with van der Waals surface area (Å²) in [7, 11) is -0.433. The van der Waals surface area contributed by atoms with Crippen LogP contribution in [0.1, 0.15) is 10.9 Å². The highest BCUT2D eigenvalue weighted by Crippen LogP contribution is 2.45. The second-order valence-corrected chi connectivity index (χ2v) is 9.40. The summed E-state index contributed by atoms with van der Waals surface area (Å²) in [5, 5.41) is -0.348. The van der Waals surface area contributed by atoms with Crippen LogP contribution in [0.4, 0.5) is 0 Å². The largest absolute Gasteiger partial charge is 0.497 e. The third-order valence-corrected chi connectivity index (χ3v) is 7.76. The first-order valence-corrected chi connectivity index (χ1v) is 10.9. The molecule has 0 N–H and O–H groups in total. The maximum Gasteiger partial charge on any atom is 0.244 e. The normalized spacial score (nSPS) is 18.3. The van der Waals surface area contributed by atoms with E-state index >= 15 is 0 Å². The molecular weight excluding hydrogens is 426 g/mol. The van der Waals surface area contributed by atoms with Gasteiger partial charge >= 0.3 is 0 Å². The van der Waals surface area contributed by atoms with Crippen molar-refractivity contribution in [3.05, 3.63) is 52.5 Å². The number of nitrogens with zero attached hydrogens (tertiary/aromatic N) is 1. The van der Waals surface area contributed by atoms with Gasteiger partial charge in [-0.15, -0.1) is 11.8 Å². The first-order chi connectivity index (χ1) is 12.0. The Morgan fingerprint density at radius 3 is 2.48 bits per heavy atom. The van der Waals surface area contributed by atoms with Gasteiger partial charge in [-0.3, -0.25) is 0 Å². The average molecular weight is 444 g/mol. The molecule has 2 aromatic carbocycles. The maximum atomic E-state index is 13.1. The smallest absolute Gasteiger partial charge is 0.244 e. The Balaban J connectivity index is 2.02. The number of benzene rings is 2. The van der Waals surface area contributed by atoms with Gasteiger partial charge in [0.25, 0.3) is 0 Å². The van der Waals surface area contributed by atoms with E-state index in [4.69, 9.17) is 9.47 Å². The summed E-state index contributed by atoms with van der Waals surface area (Å²) in [6.45, 7) is 0.452. The molecule has 0 bridgehead atoms. The predicted octanol–water partition coefficient (Wildman–Crippen LogP) is 3.90. The fourth-order valence-corrected chi connectivity index (χ4v) is 6.23. The molecule has 0 saturated carbocycles. The van der Waals surface area contributed by atoms with E-state index in [0.29, 0.717) is 18.0 Å². The minimum absolute atomic E-state index is 0.282. The maximum absolute atomic E-state index is 13.1. The number of ether oxygens (including phenoxy) is 2. The number of thioether (sulfide) groups is 1. The van der Waals surface area contributed by atoms with Crippen LogP contribution >= 0.6 is 27.7 Å². The van der Waals surface area contributed by atoms with Gasteiger partial charge in [0.15, 0.2) is 0 Å². The van der Waals surface area contributed by atoms with Crippen LogP contribution in [0.15, 0.2) is 51.8 Å². The number of halogens is 1. The molecule has 0 aromatic heterocycles. The monoisotopic (exact) mass is 443 g/mol. The van der Waals surface area contributed by atoms with E-state index in [1.807, 2.05) is 6.07 Å². The zero-order valence-electron chi connectivity index (χ0n) is 13.8. The molecule has 8 heteroatoms. The lowest BCUT2D eigenvalue weighted by Gasteiger charge is -2.25. The summed E-state index contributed by atoms with van der Waals surface area (Å²) >= 11 is 4.91. The minimum atomic E-state index is -3.60. The number of sulfonamides is 1. The summed E-state index contributed by atoms with van der Waals surface area (Å²) in [5.41, 5.74) is 0.796. The molecule has 0 aliphatic carbocycles. The Labute approximate surface area is 160 Å². The molecule has 1 atom stereocenters. The molecule has 1 unspecified atom stereocenters. The van der Waals surface area contributed by atoms with Crippen molar-refractivity contribution in [3.8, 4) is 11.5 Å². The van der Waals surface area contributed by atoms with E-state index in [1.165, 1.54) is 4.31 Å². The van der Waals surface area contributed by atoms with Gasteiger partial charge in [0.1, 0.15) is 11.5 Å². The van der Waals surface area contributed by atoms with Crippen LogP contribution in [0.5, 0.6) is 11.5 Å². The van der Waals surface area contributed by atoms with Crippen molar-refractivity contribution in [2.24, 2.45) is 0 Å². The van der Waals surface area contributed by atoms with Crippen molar-refractivity contribution in [1.29, 1.82) is 0 Å². The van der Waals surface area contributed by atoms with Gasteiger partial charge in [-0.25, -0.2) is 8.42 Å². The molecular formula is C17H18BrNO4S2. The Hall–Kier alpha value is -1.22. The number of hydrogen-bond donors (Lipinski definition) is 0. The highest BCUT2D eigenvalue weighted by atomic mass is 79.9. The molecule has 0 amide bonds. The zero-order valence-corrected chi connectivity index (χ0v) is 17.0. The molecule has 1 saturated heterocycles. The first-order valence-electron chi connectivity index (χ1n) is 7.58. The second-order valence-electron chi connectivity index (χ2n) is 5.40. The number of rotatable bonds is 5. The van der Waals surface area contributed by atoms with Crippen LogP contribution in [-0.4, -0.2) is 39.2 Å². The molecule has 1 fully saturated rings. The Bertz CT molecular complexity index is 855. The topological polar surface area (TPSA) is 55.8 Å². The lowest BCUT2D eigenvalue weighted by atomic mass is 10.2. The highest BCUT2D eigenvalue weighted by Gasteiger charge is 2.38. The SMILES string of the molecule is COc1ccc(OC)c(C2SCCN2S(=O)(=O)c2ccc(Br)cc2)c1. The van der Waals surface area contributed by atoms with Crippen molar-refractivity contribution in [2.45, 2.75) is 10.3 Å². The Kier molecular flexibility index (Phi) is 5.62. The van der Waals surface area contributed by atoms with Crippen molar-refractivity contribution in [2.75, 3.05) is 26.5 Å². The Morgan fingerprint density at radius 2 is 1.84 bits per heavy atom. The molecule has 5 nitrogen and oxygen atoms in total. The number of methoxy groups -OCH3 is 2. The van der Waals surface area contributed by atoms with Crippen molar-refractivity contribution >= 4 is 37.7 Å². The van der Waals surface area contributed by atoms with Crippen molar-refractivity contribution in [3.63, 3.8) is 0 Å². The average Bonchev–Trinajstić information content (AvgIpc) is 3.12. The quantitative estimate of drug-likeness (QED) is 0.700. The molecule has 0 spiro atoms. The van der Waals surface area contributed by atoms with E-state index < -0.39 is 10.0 Å². The van der Waals surface area contributed by atoms with Crippen LogP contribution in [0.2, 0.25) is 0 Å². The van der Waals surface area contributed by atoms with E-state index in [1.54, 1.807) is 62.4 Å². The fourth-order valence-electron chi connectivity index (χ4n) is 2.72. The van der Waals surface area contributed by atoms with E-state index in [9.17, 15) is 8.42 Å². The van der Waals surface area contributed by atoms with Gasteiger partial charge in [-0.1, -0.05) is 15.9 Å². The van der Waals surface area contributed by atoms with Gasteiger partial charge in [0.2, 0.25) is 10.0 Å². The molecule has 134 valence electrons. The number of hydrogen-bond acceptors (Lipinski definition) is 5. The summed E-state index contributed by atoms with van der Waals surface area (Å²) in [4.78, 5) is 0.282. The highest BCUT2D eigenvalue weighted by molar-refractivity contribution is 9.10. The van der Waals surface area contributed by atoms with Crippen LogP contribution < -0.4 is 9.47 Å². The first kappa shape index (κ1) is 18.6. The van der Waals surface area contributed by atoms with Crippen LogP contribution in [0.25, 0.3) is 0 Å². The molecule has 25 heavy (non-hydrogen) atoms. The standard InChI is InChI=1S/C17H18BrNO4S2/c1-22-13-5-8-16(23-2)15(11-13)17-19(9-10-24-17)25(20,21)14-6-3-12(18)4-7-14/h3-8,11,17H,9-10H2,1-2H3. The van der Waals surface area contributed by atoms with E-state index in [-0.39, 0.29) is 10.3 Å². The molecule has 2 aromatic rings. The molecule has 1 aliphatic heterocycles. The summed E-state index contributed by atoms with van der Waals surface area (Å²) < 4.78 is 39.3.